The van der Waals surface area contributed by atoms with Crippen molar-refractivity contribution in [2.75, 3.05) is 13.1 Å². The van der Waals surface area contributed by atoms with E-state index in [0.717, 1.165) is 36.7 Å². The van der Waals surface area contributed by atoms with Gasteiger partial charge in [0.15, 0.2) is 0 Å². The zero-order valence-corrected chi connectivity index (χ0v) is 18.1. The quantitative estimate of drug-likeness (QED) is 0.700. The van der Waals surface area contributed by atoms with Gasteiger partial charge >= 0.3 is 0 Å². The van der Waals surface area contributed by atoms with Crippen molar-refractivity contribution in [2.45, 2.75) is 52.2 Å². The Labute approximate surface area is 179 Å². The highest BCUT2D eigenvalue weighted by Gasteiger charge is 2.19. The Bertz CT molecular complexity index is 837. The molecular formula is C25H33N3O2. The van der Waals surface area contributed by atoms with Gasteiger partial charge in [0.25, 0.3) is 0 Å². The van der Waals surface area contributed by atoms with E-state index in [0.29, 0.717) is 6.54 Å². The maximum Gasteiger partial charge on any atom is 0.222 e. The van der Waals surface area contributed by atoms with Crippen LogP contribution in [0.4, 0.5) is 0 Å². The van der Waals surface area contributed by atoms with Crippen LogP contribution >= 0.6 is 0 Å². The third-order valence-corrected chi connectivity index (χ3v) is 5.70. The molecule has 30 heavy (non-hydrogen) atoms. The number of carbonyl (C=O) groups excluding carboxylic acids is 2. The van der Waals surface area contributed by atoms with Crippen LogP contribution in [-0.2, 0) is 22.7 Å². The van der Waals surface area contributed by atoms with Crippen LogP contribution in [0.5, 0.6) is 0 Å². The molecule has 2 aromatic rings. The van der Waals surface area contributed by atoms with E-state index in [1.54, 1.807) is 0 Å². The zero-order valence-electron chi connectivity index (χ0n) is 18.1. The molecule has 5 heteroatoms. The van der Waals surface area contributed by atoms with Crippen LogP contribution in [0.1, 0.15) is 55.8 Å². The minimum absolute atomic E-state index is 0.0704. The van der Waals surface area contributed by atoms with Crippen molar-refractivity contribution >= 4 is 11.8 Å². The Kier molecular flexibility index (Phi) is 8.03. The summed E-state index contributed by atoms with van der Waals surface area (Å²) in [6, 6.07) is 17.6. The van der Waals surface area contributed by atoms with Crippen molar-refractivity contribution in [1.82, 2.24) is 15.5 Å². The Morgan fingerprint density at radius 3 is 2.47 bits per heavy atom. The zero-order chi connectivity index (χ0) is 21.3. The van der Waals surface area contributed by atoms with Gasteiger partial charge in [-0.1, -0.05) is 61.5 Å². The number of hydrogen-bond acceptors (Lipinski definition) is 3. The van der Waals surface area contributed by atoms with Crippen LogP contribution in [0.15, 0.2) is 54.6 Å². The van der Waals surface area contributed by atoms with Crippen LogP contribution in [0, 0.1) is 5.92 Å². The van der Waals surface area contributed by atoms with Crippen molar-refractivity contribution in [2.24, 2.45) is 5.92 Å². The van der Waals surface area contributed by atoms with E-state index < -0.39 is 0 Å². The first-order valence-electron chi connectivity index (χ1n) is 10.9. The minimum Gasteiger partial charge on any atom is -0.352 e. The lowest BCUT2D eigenvalue weighted by molar-refractivity contribution is -0.122. The molecule has 0 aromatic heterocycles. The molecule has 2 amide bonds. The minimum atomic E-state index is -0.325. The summed E-state index contributed by atoms with van der Waals surface area (Å²) in [4.78, 5) is 26.8. The summed E-state index contributed by atoms with van der Waals surface area (Å²) in [5, 5.41) is 5.94. The van der Waals surface area contributed by atoms with Crippen LogP contribution in [0.3, 0.4) is 0 Å². The van der Waals surface area contributed by atoms with Gasteiger partial charge in [0.05, 0.1) is 12.5 Å². The Morgan fingerprint density at radius 2 is 1.77 bits per heavy atom. The summed E-state index contributed by atoms with van der Waals surface area (Å²) in [6.07, 6.45) is 2.78. The fraction of sp³-hybridized carbons (Fsp3) is 0.440. The summed E-state index contributed by atoms with van der Waals surface area (Å²) in [6.45, 7) is 7.49. The number of nitrogens with zero attached hydrogens (tertiary/aromatic N) is 1. The fourth-order valence-electron chi connectivity index (χ4n) is 4.19. The molecule has 0 saturated carbocycles. The lowest BCUT2D eigenvalue weighted by Crippen LogP contribution is -2.34. The lowest BCUT2D eigenvalue weighted by Gasteiger charge is -2.31. The first-order chi connectivity index (χ1) is 14.5. The highest BCUT2D eigenvalue weighted by molar-refractivity contribution is 5.79. The summed E-state index contributed by atoms with van der Waals surface area (Å²) in [7, 11) is 0. The molecule has 2 atom stereocenters. The number of amides is 2. The van der Waals surface area contributed by atoms with Crippen molar-refractivity contribution in [3.8, 4) is 0 Å². The van der Waals surface area contributed by atoms with Crippen molar-refractivity contribution in [1.29, 1.82) is 0 Å². The molecule has 0 unspecified atom stereocenters. The molecule has 1 aliphatic rings. The maximum absolute atomic E-state index is 12.7. The normalized spacial score (nSPS) is 17.9. The van der Waals surface area contributed by atoms with E-state index >= 15 is 0 Å². The first-order valence-corrected chi connectivity index (χ1v) is 10.9. The van der Waals surface area contributed by atoms with Crippen molar-refractivity contribution < 1.29 is 9.59 Å². The van der Waals surface area contributed by atoms with Gasteiger partial charge in [0.1, 0.15) is 0 Å². The maximum atomic E-state index is 12.7. The molecular weight excluding hydrogens is 374 g/mol. The van der Waals surface area contributed by atoms with E-state index in [2.05, 4.69) is 40.7 Å². The third-order valence-electron chi connectivity index (χ3n) is 5.70. The fourth-order valence-corrected chi connectivity index (χ4v) is 4.19. The molecule has 1 heterocycles. The van der Waals surface area contributed by atoms with E-state index in [9.17, 15) is 9.59 Å². The highest BCUT2D eigenvalue weighted by Crippen LogP contribution is 2.20. The van der Waals surface area contributed by atoms with E-state index in [1.165, 1.54) is 25.3 Å². The SMILES string of the molecule is CC(=O)N[C@H](CC(=O)NCc1ccccc1CN1CCC[C@H](C)C1)c1ccccc1. The van der Waals surface area contributed by atoms with Gasteiger partial charge in [-0.25, -0.2) is 0 Å². The Hall–Kier alpha value is -2.66. The number of benzene rings is 2. The molecule has 1 saturated heterocycles. The largest absolute Gasteiger partial charge is 0.352 e. The first kappa shape index (κ1) is 22.0. The van der Waals surface area contributed by atoms with Gasteiger partial charge in [-0.05, 0) is 42.0 Å². The molecule has 0 spiro atoms. The summed E-state index contributed by atoms with van der Waals surface area (Å²) in [5.41, 5.74) is 3.36. The molecule has 160 valence electrons. The number of likely N-dealkylation sites (tertiary alicyclic amines) is 1. The molecule has 5 nitrogen and oxygen atoms in total. The molecule has 0 aliphatic carbocycles. The van der Waals surface area contributed by atoms with Gasteiger partial charge in [0, 0.05) is 26.6 Å². The van der Waals surface area contributed by atoms with Gasteiger partial charge in [-0.2, -0.15) is 0 Å². The number of hydrogen-bond donors (Lipinski definition) is 2. The number of rotatable bonds is 8. The van der Waals surface area contributed by atoms with Crippen LogP contribution in [-0.4, -0.2) is 29.8 Å². The molecule has 1 fully saturated rings. The van der Waals surface area contributed by atoms with Crippen LogP contribution < -0.4 is 10.6 Å². The van der Waals surface area contributed by atoms with Gasteiger partial charge in [0.2, 0.25) is 11.8 Å². The predicted octanol–water partition coefficient (Wildman–Crippen LogP) is 3.80. The average Bonchev–Trinajstić information content (AvgIpc) is 2.73. The number of piperidine rings is 1. The number of nitrogens with one attached hydrogen (secondary N) is 2. The average molecular weight is 408 g/mol. The summed E-state index contributed by atoms with van der Waals surface area (Å²) in [5.74, 6) is 0.533. The molecule has 3 rings (SSSR count). The molecule has 0 radical (unpaired) electrons. The molecule has 2 aromatic carbocycles. The van der Waals surface area contributed by atoms with Gasteiger partial charge < -0.3 is 10.6 Å². The predicted molar refractivity (Wildman–Crippen MR) is 120 cm³/mol. The summed E-state index contributed by atoms with van der Waals surface area (Å²) < 4.78 is 0. The Balaban J connectivity index is 1.59. The second-order valence-corrected chi connectivity index (χ2v) is 8.40. The topological polar surface area (TPSA) is 61.4 Å². The summed E-state index contributed by atoms with van der Waals surface area (Å²) >= 11 is 0. The lowest BCUT2D eigenvalue weighted by atomic mass is 9.99. The van der Waals surface area contributed by atoms with Crippen LogP contribution in [0.2, 0.25) is 0 Å². The second kappa shape index (κ2) is 10.9. The van der Waals surface area contributed by atoms with Crippen molar-refractivity contribution in [3.05, 3.63) is 71.3 Å². The van der Waals surface area contributed by atoms with Crippen LogP contribution in [0.25, 0.3) is 0 Å². The van der Waals surface area contributed by atoms with E-state index in [-0.39, 0.29) is 24.3 Å². The Morgan fingerprint density at radius 1 is 1.07 bits per heavy atom. The van der Waals surface area contributed by atoms with Crippen molar-refractivity contribution in [3.63, 3.8) is 0 Å². The molecule has 2 N–H and O–H groups in total. The standard InChI is InChI=1S/C25H33N3O2/c1-19-9-8-14-28(17-19)18-23-13-7-6-12-22(23)16-26-25(30)15-24(27-20(2)29)21-10-4-3-5-11-21/h3-7,10-13,19,24H,8-9,14-18H2,1-2H3,(H,26,30)(H,27,29)/t19-,24+/m0/s1. The highest BCUT2D eigenvalue weighted by atomic mass is 16.2. The third kappa shape index (κ3) is 6.70. The van der Waals surface area contributed by atoms with E-state index in [1.807, 2.05) is 36.4 Å². The molecule has 0 bridgehead atoms. The second-order valence-electron chi connectivity index (χ2n) is 8.40. The van der Waals surface area contributed by atoms with E-state index in [4.69, 9.17) is 0 Å². The molecule has 1 aliphatic heterocycles. The number of carbonyl (C=O) groups is 2. The monoisotopic (exact) mass is 407 g/mol. The van der Waals surface area contributed by atoms with Gasteiger partial charge in [-0.3, -0.25) is 14.5 Å². The smallest absolute Gasteiger partial charge is 0.222 e. The van der Waals surface area contributed by atoms with Gasteiger partial charge in [-0.15, -0.1) is 0 Å².